The number of aromatic carboxylic acids is 1. The van der Waals surface area contributed by atoms with Gasteiger partial charge in [0.25, 0.3) is 0 Å². The Labute approximate surface area is 231 Å². The number of nitrogens with zero attached hydrogens (tertiary/aromatic N) is 1. The fraction of sp³-hybridized carbons (Fsp3) is 0.414. The van der Waals surface area contributed by atoms with Crippen molar-refractivity contribution in [3.8, 4) is 17.0 Å². The molecule has 2 bridgehead atoms. The molecule has 4 aliphatic carbocycles. The van der Waals surface area contributed by atoms with Crippen LogP contribution in [0.3, 0.4) is 0 Å². The largest absolute Gasteiger partial charge is 0.573 e. The van der Waals surface area contributed by atoms with Crippen LogP contribution in [0, 0.1) is 23.6 Å². The van der Waals surface area contributed by atoms with Crippen LogP contribution in [-0.4, -0.2) is 34.6 Å². The van der Waals surface area contributed by atoms with Crippen LogP contribution in [0.5, 0.6) is 5.75 Å². The molecule has 2 atom stereocenters. The summed E-state index contributed by atoms with van der Waals surface area (Å²) < 4.78 is 69.5. The molecule has 7 rings (SSSR count). The number of carboxylic acid groups (broad SMARTS) is 1. The number of rotatable bonds is 9. The van der Waals surface area contributed by atoms with Gasteiger partial charge < -0.3 is 24.4 Å². The first-order chi connectivity index (χ1) is 19.6. The van der Waals surface area contributed by atoms with Gasteiger partial charge in [0.1, 0.15) is 23.0 Å². The smallest absolute Gasteiger partial charge is 0.478 e. The molecular weight excluding hydrogens is 548 g/mol. The van der Waals surface area contributed by atoms with Gasteiger partial charge in [-0.05, 0) is 74.3 Å². The van der Waals surface area contributed by atoms with Crippen LogP contribution in [-0.2, 0) is 16.1 Å². The number of para-hydroxylation sites is 1. The van der Waals surface area contributed by atoms with Crippen LogP contribution in [0.25, 0.3) is 11.3 Å². The minimum Gasteiger partial charge on any atom is -0.478 e. The molecule has 0 aliphatic heterocycles. The summed E-state index contributed by atoms with van der Waals surface area (Å²) in [7, 11) is 0. The van der Waals surface area contributed by atoms with Gasteiger partial charge in [-0.2, -0.15) is 0 Å². The third-order valence-corrected chi connectivity index (χ3v) is 8.13. The minimum atomic E-state index is -4.87. The predicted octanol–water partition coefficient (Wildman–Crippen LogP) is 6.52. The standard InChI is InChI=1S/C29H26F4N2O6/c30-21-12-15(28(37)38)7-8-22(21)34-27(36)24-16-9-17(24)11-18(10-16)39-13-20-25(35-41-26(20)14-5-6-14)19-3-1-2-4-23(19)40-29(31,32)33/h1-4,7-8,12,14,16-18,24H,5-6,9-11,13H2,(H,34,36)(H,37,38). The molecule has 12 heteroatoms. The van der Waals surface area contributed by atoms with Crippen molar-refractivity contribution in [3.63, 3.8) is 0 Å². The van der Waals surface area contributed by atoms with Crippen LogP contribution in [0.15, 0.2) is 47.0 Å². The molecule has 3 aromatic rings. The first kappa shape index (κ1) is 27.3. The molecule has 4 saturated carbocycles. The van der Waals surface area contributed by atoms with Gasteiger partial charge in [0, 0.05) is 23.0 Å². The fourth-order valence-corrected chi connectivity index (χ4v) is 6.07. The Kier molecular flexibility index (Phi) is 6.96. The number of alkyl halides is 3. The molecule has 0 spiro atoms. The van der Waals surface area contributed by atoms with Crippen molar-refractivity contribution in [3.05, 3.63) is 65.2 Å². The number of fused-ring (bicyclic) bond motifs is 2. The number of aromatic nitrogens is 1. The SMILES string of the molecule is O=C(O)c1ccc(NC(=O)C2C3CC(OCc4c(-c5ccccc5OC(F)(F)F)noc4C4CC4)CC2C3)c(F)c1. The van der Waals surface area contributed by atoms with Crippen LogP contribution >= 0.6 is 0 Å². The molecule has 41 heavy (non-hydrogen) atoms. The van der Waals surface area contributed by atoms with E-state index in [0.29, 0.717) is 24.2 Å². The fourth-order valence-electron chi connectivity index (χ4n) is 6.07. The topological polar surface area (TPSA) is 111 Å². The summed E-state index contributed by atoms with van der Waals surface area (Å²) >= 11 is 0. The number of carbonyl (C=O) groups excluding carboxylic acids is 1. The number of halogens is 4. The second-order valence-electron chi connectivity index (χ2n) is 10.9. The van der Waals surface area contributed by atoms with E-state index in [0.717, 1.165) is 25.3 Å². The molecule has 2 aromatic carbocycles. The summed E-state index contributed by atoms with van der Waals surface area (Å²) in [5.74, 6) is -2.27. The molecule has 1 heterocycles. The molecule has 4 fully saturated rings. The minimum absolute atomic E-state index is 0.0332. The quantitative estimate of drug-likeness (QED) is 0.280. The highest BCUT2D eigenvalue weighted by Crippen LogP contribution is 2.52. The van der Waals surface area contributed by atoms with Gasteiger partial charge in [-0.3, -0.25) is 4.79 Å². The highest BCUT2D eigenvalue weighted by molar-refractivity contribution is 5.95. The summed E-state index contributed by atoms with van der Waals surface area (Å²) in [6.45, 7) is 0.0904. The average Bonchev–Trinajstić information content (AvgIpc) is 3.67. The number of carboxylic acids is 1. The van der Waals surface area contributed by atoms with E-state index in [1.165, 1.54) is 30.3 Å². The van der Waals surface area contributed by atoms with E-state index in [1.807, 2.05) is 0 Å². The van der Waals surface area contributed by atoms with Crippen molar-refractivity contribution in [2.45, 2.75) is 57.1 Å². The zero-order chi connectivity index (χ0) is 28.9. The van der Waals surface area contributed by atoms with Crippen molar-refractivity contribution >= 4 is 17.6 Å². The molecular formula is C29H26F4N2O6. The third kappa shape index (κ3) is 5.65. The summed E-state index contributed by atoms with van der Waals surface area (Å²) in [5, 5.41) is 15.7. The van der Waals surface area contributed by atoms with E-state index in [2.05, 4.69) is 15.2 Å². The predicted molar refractivity (Wildman–Crippen MR) is 135 cm³/mol. The average molecular weight is 575 g/mol. The number of hydrogen-bond acceptors (Lipinski definition) is 6. The van der Waals surface area contributed by atoms with Crippen LogP contribution in [0.2, 0.25) is 0 Å². The molecule has 216 valence electrons. The van der Waals surface area contributed by atoms with E-state index in [4.69, 9.17) is 14.4 Å². The Morgan fingerprint density at radius 3 is 2.46 bits per heavy atom. The molecule has 0 saturated heterocycles. The van der Waals surface area contributed by atoms with Crippen LogP contribution < -0.4 is 10.1 Å². The summed E-state index contributed by atoms with van der Waals surface area (Å²) in [6.07, 6.45) is -1.21. The number of benzene rings is 2. The number of amides is 1. The van der Waals surface area contributed by atoms with Gasteiger partial charge in [-0.1, -0.05) is 17.3 Å². The second-order valence-corrected chi connectivity index (χ2v) is 10.9. The van der Waals surface area contributed by atoms with Gasteiger partial charge in [-0.25, -0.2) is 9.18 Å². The number of ether oxygens (including phenoxy) is 2. The van der Waals surface area contributed by atoms with E-state index in [9.17, 15) is 27.2 Å². The lowest BCUT2D eigenvalue weighted by atomic mass is 9.56. The highest BCUT2D eigenvalue weighted by atomic mass is 19.4. The number of carbonyl (C=O) groups is 2. The Hall–Kier alpha value is -3.93. The number of anilines is 1. The summed E-state index contributed by atoms with van der Waals surface area (Å²) in [5.41, 5.74) is 0.727. The molecule has 1 amide bonds. The third-order valence-electron chi connectivity index (χ3n) is 8.13. The van der Waals surface area contributed by atoms with E-state index < -0.39 is 18.1 Å². The van der Waals surface area contributed by atoms with Crippen LogP contribution in [0.1, 0.15) is 59.7 Å². The Morgan fingerprint density at radius 1 is 1.07 bits per heavy atom. The summed E-state index contributed by atoms with van der Waals surface area (Å²) in [4.78, 5) is 24.0. The van der Waals surface area contributed by atoms with Gasteiger partial charge in [0.15, 0.2) is 0 Å². The molecule has 4 aliphatic rings. The van der Waals surface area contributed by atoms with Crippen molar-refractivity contribution in [2.24, 2.45) is 17.8 Å². The first-order valence-electron chi connectivity index (χ1n) is 13.4. The maximum atomic E-state index is 14.3. The van der Waals surface area contributed by atoms with Gasteiger partial charge in [-0.15, -0.1) is 13.2 Å². The molecule has 2 N–H and O–H groups in total. The zero-order valence-corrected chi connectivity index (χ0v) is 21.6. The second kappa shape index (κ2) is 10.5. The van der Waals surface area contributed by atoms with Crippen molar-refractivity contribution < 1.29 is 46.3 Å². The lowest BCUT2D eigenvalue weighted by Crippen LogP contribution is -2.51. The van der Waals surface area contributed by atoms with E-state index in [-0.39, 0.29) is 70.5 Å². The van der Waals surface area contributed by atoms with E-state index in [1.54, 1.807) is 6.07 Å². The van der Waals surface area contributed by atoms with Gasteiger partial charge in [0.05, 0.1) is 24.0 Å². The lowest BCUT2D eigenvalue weighted by Gasteiger charge is -2.51. The van der Waals surface area contributed by atoms with Crippen molar-refractivity contribution in [1.29, 1.82) is 0 Å². The first-order valence-corrected chi connectivity index (χ1v) is 13.4. The Balaban J connectivity index is 1.12. The van der Waals surface area contributed by atoms with Crippen molar-refractivity contribution in [1.82, 2.24) is 5.16 Å². The van der Waals surface area contributed by atoms with Crippen LogP contribution in [0.4, 0.5) is 23.2 Å². The lowest BCUT2D eigenvalue weighted by molar-refractivity contribution is -0.274. The highest BCUT2D eigenvalue weighted by Gasteiger charge is 2.51. The van der Waals surface area contributed by atoms with Crippen molar-refractivity contribution in [2.75, 3.05) is 5.32 Å². The van der Waals surface area contributed by atoms with Gasteiger partial charge >= 0.3 is 12.3 Å². The number of hydrogen-bond donors (Lipinski definition) is 2. The monoisotopic (exact) mass is 574 g/mol. The molecule has 1 aromatic heterocycles. The van der Waals surface area contributed by atoms with Gasteiger partial charge in [0.2, 0.25) is 5.91 Å². The number of nitrogens with one attached hydrogen (secondary N) is 1. The maximum Gasteiger partial charge on any atom is 0.573 e. The summed E-state index contributed by atoms with van der Waals surface area (Å²) in [6, 6.07) is 9.11. The normalized spacial score (nSPS) is 23.5. The Bertz CT molecular complexity index is 1470. The zero-order valence-electron chi connectivity index (χ0n) is 21.6. The molecule has 0 radical (unpaired) electrons. The molecule has 8 nitrogen and oxygen atoms in total. The molecule has 2 unspecified atom stereocenters. The Morgan fingerprint density at radius 2 is 1.80 bits per heavy atom. The van der Waals surface area contributed by atoms with E-state index >= 15 is 0 Å². The maximum absolute atomic E-state index is 14.3.